The van der Waals surface area contributed by atoms with Crippen LogP contribution in [0.1, 0.15) is 30.5 Å². The van der Waals surface area contributed by atoms with Gasteiger partial charge in [0.25, 0.3) is 0 Å². The molecule has 1 rings (SSSR count). The molecule has 0 amide bonds. The van der Waals surface area contributed by atoms with E-state index < -0.39 is 0 Å². The molecule has 0 unspecified atom stereocenters. The van der Waals surface area contributed by atoms with Gasteiger partial charge in [-0.3, -0.25) is 0 Å². The third-order valence-corrected chi connectivity index (χ3v) is 2.86. The largest absolute Gasteiger partial charge is 0.405 e. The number of nitrogens with two attached hydrogens (primary N) is 2. The van der Waals surface area contributed by atoms with Crippen molar-refractivity contribution in [3.8, 4) is 0 Å². The van der Waals surface area contributed by atoms with Crippen molar-refractivity contribution in [2.75, 3.05) is 0 Å². The van der Waals surface area contributed by atoms with E-state index in [4.69, 9.17) is 11.5 Å². The maximum atomic E-state index is 5.70. The molecule has 0 bridgehead atoms. The molecule has 0 aliphatic rings. The van der Waals surface area contributed by atoms with Crippen molar-refractivity contribution in [1.29, 1.82) is 0 Å². The number of hydrogen-bond donors (Lipinski definition) is 2. The van der Waals surface area contributed by atoms with Gasteiger partial charge in [-0.2, -0.15) is 0 Å². The zero-order chi connectivity index (χ0) is 14.3. The van der Waals surface area contributed by atoms with Crippen LogP contribution in [0.2, 0.25) is 0 Å². The molecule has 0 saturated heterocycles. The molecule has 0 aromatic heterocycles. The van der Waals surface area contributed by atoms with Crippen molar-refractivity contribution in [2.45, 2.75) is 20.8 Å². The quantitative estimate of drug-likeness (QED) is 0.804. The topological polar surface area (TPSA) is 52.0 Å². The van der Waals surface area contributed by atoms with E-state index in [0.717, 1.165) is 22.3 Å². The Balaban J connectivity index is 3.35. The molecule has 4 N–H and O–H groups in total. The lowest BCUT2D eigenvalue weighted by molar-refractivity contribution is 1.41. The molecule has 0 radical (unpaired) electrons. The summed E-state index contributed by atoms with van der Waals surface area (Å²) in [7, 11) is 0. The Morgan fingerprint density at radius 2 is 1.58 bits per heavy atom. The van der Waals surface area contributed by atoms with Gasteiger partial charge in [-0.25, -0.2) is 0 Å². The molecule has 0 spiro atoms. The van der Waals surface area contributed by atoms with Crippen LogP contribution in [0.5, 0.6) is 0 Å². The van der Waals surface area contributed by atoms with Gasteiger partial charge in [0.15, 0.2) is 0 Å². The van der Waals surface area contributed by atoms with Crippen LogP contribution in [-0.2, 0) is 0 Å². The van der Waals surface area contributed by atoms with Crippen LogP contribution in [0.15, 0.2) is 54.9 Å². The first-order valence-corrected chi connectivity index (χ1v) is 6.37. The van der Waals surface area contributed by atoms with Crippen LogP contribution in [0, 0.1) is 6.92 Å². The van der Waals surface area contributed by atoms with Gasteiger partial charge in [0.1, 0.15) is 0 Å². The summed E-state index contributed by atoms with van der Waals surface area (Å²) in [5, 5.41) is 0. The first-order chi connectivity index (χ1) is 9.15. The van der Waals surface area contributed by atoms with E-state index in [9.17, 15) is 0 Å². The highest BCUT2D eigenvalue weighted by Gasteiger charge is 2.04. The lowest BCUT2D eigenvalue weighted by atomic mass is 9.96. The second kappa shape index (κ2) is 7.27. The molecule has 100 valence electrons. The molecule has 0 fully saturated rings. The SMILES string of the molecule is C/C=C\C(=C/N)c1cc(C)cc(C(/C=C\N)=C/C)c1. The first-order valence-electron chi connectivity index (χ1n) is 6.37. The summed E-state index contributed by atoms with van der Waals surface area (Å²) in [6, 6.07) is 6.39. The Labute approximate surface area is 115 Å². The van der Waals surface area contributed by atoms with Gasteiger partial charge in [0.05, 0.1) is 0 Å². The first kappa shape index (κ1) is 14.8. The Hall–Kier alpha value is -2.22. The summed E-state index contributed by atoms with van der Waals surface area (Å²) in [6.07, 6.45) is 11.1. The van der Waals surface area contributed by atoms with Crippen molar-refractivity contribution in [3.63, 3.8) is 0 Å². The predicted molar refractivity (Wildman–Crippen MR) is 85.1 cm³/mol. The van der Waals surface area contributed by atoms with Crippen molar-refractivity contribution in [3.05, 3.63) is 71.6 Å². The van der Waals surface area contributed by atoms with E-state index in [-0.39, 0.29) is 0 Å². The van der Waals surface area contributed by atoms with Gasteiger partial charge in [-0.1, -0.05) is 30.4 Å². The maximum absolute atomic E-state index is 5.70. The molecule has 2 heteroatoms. The Bertz CT molecular complexity index is 500. The van der Waals surface area contributed by atoms with Gasteiger partial charge in [0.2, 0.25) is 0 Å². The van der Waals surface area contributed by atoms with Crippen molar-refractivity contribution in [2.24, 2.45) is 11.5 Å². The normalized spacial score (nSPS) is 13.6. The highest BCUT2D eigenvalue weighted by Crippen LogP contribution is 2.24. The van der Waals surface area contributed by atoms with Gasteiger partial charge in [-0.05, 0) is 67.0 Å². The van der Waals surface area contributed by atoms with E-state index in [1.807, 2.05) is 38.2 Å². The smallest absolute Gasteiger partial charge is 0.00174 e. The molecule has 2 nitrogen and oxygen atoms in total. The van der Waals surface area contributed by atoms with E-state index in [1.165, 1.54) is 5.56 Å². The van der Waals surface area contributed by atoms with Gasteiger partial charge in [-0.15, -0.1) is 0 Å². The minimum Gasteiger partial charge on any atom is -0.405 e. The second-order valence-electron chi connectivity index (χ2n) is 4.31. The summed E-state index contributed by atoms with van der Waals surface area (Å²) in [5.41, 5.74) is 16.7. The molecule has 0 saturated carbocycles. The average Bonchev–Trinajstić information content (AvgIpc) is 2.41. The predicted octanol–water partition coefficient (Wildman–Crippen LogP) is 3.75. The van der Waals surface area contributed by atoms with E-state index in [0.29, 0.717) is 0 Å². The molecule has 0 aliphatic carbocycles. The zero-order valence-electron chi connectivity index (χ0n) is 11.9. The summed E-state index contributed by atoms with van der Waals surface area (Å²) in [4.78, 5) is 0. The van der Waals surface area contributed by atoms with Crippen molar-refractivity contribution >= 4 is 11.1 Å². The summed E-state index contributed by atoms with van der Waals surface area (Å²) in [5.74, 6) is 0. The van der Waals surface area contributed by atoms with Crippen molar-refractivity contribution < 1.29 is 0 Å². The number of benzene rings is 1. The molecule has 0 atom stereocenters. The highest BCUT2D eigenvalue weighted by molar-refractivity contribution is 5.80. The van der Waals surface area contributed by atoms with Crippen LogP contribution in [0.4, 0.5) is 0 Å². The second-order valence-corrected chi connectivity index (χ2v) is 4.31. The monoisotopic (exact) mass is 254 g/mol. The molecular formula is C17H22N2. The van der Waals surface area contributed by atoms with Gasteiger partial charge >= 0.3 is 0 Å². The third kappa shape index (κ3) is 3.88. The zero-order valence-corrected chi connectivity index (χ0v) is 11.9. The van der Waals surface area contributed by atoms with Gasteiger partial charge < -0.3 is 11.5 Å². The lowest BCUT2D eigenvalue weighted by Crippen LogP contribution is -1.92. The Kier molecular flexibility index (Phi) is 5.68. The van der Waals surface area contributed by atoms with Crippen LogP contribution in [-0.4, -0.2) is 0 Å². The minimum absolute atomic E-state index is 1.01. The van der Waals surface area contributed by atoms with E-state index >= 15 is 0 Å². The summed E-state index contributed by atoms with van der Waals surface area (Å²) >= 11 is 0. The van der Waals surface area contributed by atoms with E-state index in [2.05, 4.69) is 25.1 Å². The number of allylic oxidation sites excluding steroid dienone is 6. The van der Waals surface area contributed by atoms with Crippen LogP contribution >= 0.6 is 0 Å². The lowest BCUT2D eigenvalue weighted by Gasteiger charge is -2.09. The van der Waals surface area contributed by atoms with Crippen LogP contribution in [0.3, 0.4) is 0 Å². The molecule has 0 aliphatic heterocycles. The highest BCUT2D eigenvalue weighted by atomic mass is 14.5. The summed E-state index contributed by atoms with van der Waals surface area (Å²) in [6.45, 7) is 6.06. The number of aryl methyl sites for hydroxylation is 1. The Morgan fingerprint density at radius 1 is 0.947 bits per heavy atom. The molecule has 0 heterocycles. The molecular weight excluding hydrogens is 232 g/mol. The molecule has 1 aromatic carbocycles. The van der Waals surface area contributed by atoms with Gasteiger partial charge in [0, 0.05) is 6.20 Å². The van der Waals surface area contributed by atoms with Crippen LogP contribution in [0.25, 0.3) is 11.1 Å². The molecule has 19 heavy (non-hydrogen) atoms. The maximum Gasteiger partial charge on any atom is 0.00174 e. The van der Waals surface area contributed by atoms with E-state index in [1.54, 1.807) is 12.4 Å². The average molecular weight is 254 g/mol. The fraction of sp³-hybridized carbons (Fsp3) is 0.176. The fourth-order valence-electron chi connectivity index (χ4n) is 2.01. The third-order valence-electron chi connectivity index (χ3n) is 2.86. The number of hydrogen-bond acceptors (Lipinski definition) is 2. The van der Waals surface area contributed by atoms with Crippen molar-refractivity contribution in [1.82, 2.24) is 0 Å². The number of rotatable bonds is 4. The Morgan fingerprint density at radius 3 is 2.05 bits per heavy atom. The standard InChI is InChI=1S/C17H22N2/c1-4-6-15(12-19)17-10-13(3)9-16(11-17)14(5-2)7-8-18/h4-12H,18-19H2,1-3H3/b6-4-,8-7-,14-5+,15-12+. The van der Waals surface area contributed by atoms with Crippen LogP contribution < -0.4 is 11.5 Å². The summed E-state index contributed by atoms with van der Waals surface area (Å²) < 4.78 is 0. The molecule has 1 aromatic rings. The fourth-order valence-corrected chi connectivity index (χ4v) is 2.01. The minimum atomic E-state index is 1.01.